The van der Waals surface area contributed by atoms with Gasteiger partial charge in [0.2, 0.25) is 0 Å². The molecule has 2 atom stereocenters. The Morgan fingerprint density at radius 2 is 1.70 bits per heavy atom. The van der Waals surface area contributed by atoms with Gasteiger partial charge in [-0.25, -0.2) is 4.79 Å². The summed E-state index contributed by atoms with van der Waals surface area (Å²) in [6.45, 7) is 0. The van der Waals surface area contributed by atoms with E-state index >= 15 is 0 Å². The molecular weight excluding hydrogens is 264 g/mol. The van der Waals surface area contributed by atoms with E-state index < -0.39 is 35.7 Å². The molecule has 0 saturated heterocycles. The highest BCUT2D eigenvalue weighted by molar-refractivity contribution is 6.08. The summed E-state index contributed by atoms with van der Waals surface area (Å²) >= 11 is 0. The summed E-state index contributed by atoms with van der Waals surface area (Å²) in [5.41, 5.74) is 9.28. The molecule has 7 heteroatoms. The van der Waals surface area contributed by atoms with Crippen LogP contribution in [0.3, 0.4) is 0 Å². The summed E-state index contributed by atoms with van der Waals surface area (Å²) < 4.78 is 0. The molecule has 0 radical (unpaired) electrons. The second kappa shape index (κ2) is 6.27. The molecule has 1 aromatic rings. The zero-order chi connectivity index (χ0) is 15.3. The third-order valence-electron chi connectivity index (χ3n) is 2.93. The van der Waals surface area contributed by atoms with Crippen LogP contribution in [0.15, 0.2) is 30.3 Å². The lowest BCUT2D eigenvalue weighted by molar-refractivity contribution is -0.150. The van der Waals surface area contributed by atoms with Gasteiger partial charge in [-0.15, -0.1) is 0 Å². The van der Waals surface area contributed by atoms with Crippen LogP contribution in [0.25, 0.3) is 0 Å². The van der Waals surface area contributed by atoms with Crippen LogP contribution in [0.4, 0.5) is 0 Å². The van der Waals surface area contributed by atoms with Crippen LogP contribution in [0, 0.1) is 0 Å². The molecule has 7 nitrogen and oxygen atoms in total. The number of hydrogen-bond donors (Lipinski definition) is 4. The lowest BCUT2D eigenvalue weighted by Crippen LogP contribution is -2.58. The average molecular weight is 280 g/mol. The van der Waals surface area contributed by atoms with Crippen molar-refractivity contribution in [1.82, 2.24) is 0 Å². The summed E-state index contributed by atoms with van der Waals surface area (Å²) in [5.74, 6) is -3.81. The first kappa shape index (κ1) is 15.8. The van der Waals surface area contributed by atoms with E-state index in [1.807, 2.05) is 0 Å². The number of aliphatic carboxylic acids is 2. The number of rotatable bonds is 7. The fourth-order valence-electron chi connectivity index (χ4n) is 1.68. The molecule has 0 spiro atoms. The van der Waals surface area contributed by atoms with Gasteiger partial charge in [0.25, 0.3) is 0 Å². The van der Waals surface area contributed by atoms with Crippen molar-refractivity contribution in [3.8, 4) is 0 Å². The number of carboxylic acid groups (broad SMARTS) is 2. The van der Waals surface area contributed by atoms with Gasteiger partial charge in [0.15, 0.2) is 11.3 Å². The van der Waals surface area contributed by atoms with Crippen LogP contribution in [-0.4, -0.2) is 39.5 Å². The average Bonchev–Trinajstić information content (AvgIpc) is 2.39. The van der Waals surface area contributed by atoms with Crippen LogP contribution < -0.4 is 11.5 Å². The van der Waals surface area contributed by atoms with E-state index in [2.05, 4.69) is 0 Å². The van der Waals surface area contributed by atoms with Crippen LogP contribution in [-0.2, 0) is 20.8 Å². The third-order valence-corrected chi connectivity index (χ3v) is 2.93. The van der Waals surface area contributed by atoms with Crippen LogP contribution in [0.1, 0.15) is 12.0 Å². The highest BCUT2D eigenvalue weighted by atomic mass is 16.4. The predicted molar refractivity (Wildman–Crippen MR) is 69.9 cm³/mol. The Kier molecular flexibility index (Phi) is 4.95. The molecule has 0 heterocycles. The Morgan fingerprint density at radius 3 is 2.15 bits per heavy atom. The van der Waals surface area contributed by atoms with Gasteiger partial charge in [-0.2, -0.15) is 0 Å². The molecule has 0 fully saturated rings. The fourth-order valence-corrected chi connectivity index (χ4v) is 1.68. The van der Waals surface area contributed by atoms with Crippen LogP contribution in [0.2, 0.25) is 0 Å². The fraction of sp³-hybridized carbons (Fsp3) is 0.308. The van der Waals surface area contributed by atoms with Gasteiger partial charge in [-0.05, 0) is 5.56 Å². The second-order valence-electron chi connectivity index (χ2n) is 4.51. The predicted octanol–water partition coefficient (Wildman–Crippen LogP) is -0.618. The minimum absolute atomic E-state index is 0.228. The highest BCUT2D eigenvalue weighted by Gasteiger charge is 2.42. The molecular formula is C13H16N2O5. The summed E-state index contributed by atoms with van der Waals surface area (Å²) in [5, 5.41) is 17.8. The number of carbonyl (C=O) groups is 3. The van der Waals surface area contributed by atoms with E-state index in [0.29, 0.717) is 5.56 Å². The number of benzene rings is 1. The molecule has 6 N–H and O–H groups in total. The van der Waals surface area contributed by atoms with E-state index in [0.717, 1.165) is 0 Å². The van der Waals surface area contributed by atoms with Gasteiger partial charge < -0.3 is 21.7 Å². The molecule has 0 amide bonds. The Hall–Kier alpha value is -2.25. The van der Waals surface area contributed by atoms with Gasteiger partial charge in [-0.1, -0.05) is 30.3 Å². The van der Waals surface area contributed by atoms with Gasteiger partial charge in [0.05, 0.1) is 0 Å². The minimum atomic E-state index is -2.19. The standard InChI is InChI=1S/C13H16N2O5/c14-9(11(17)18)6-10(16)13(15,12(19)20)7-8-4-2-1-3-5-8/h1-5,9H,6-7,14-15H2,(H,17,18)(H,19,20)/t9-,13+/m0/s1. The summed E-state index contributed by atoms with van der Waals surface area (Å²) in [4.78, 5) is 33.9. The summed E-state index contributed by atoms with van der Waals surface area (Å²) in [7, 11) is 0. The van der Waals surface area contributed by atoms with Crippen molar-refractivity contribution in [2.75, 3.05) is 0 Å². The van der Waals surface area contributed by atoms with Crippen molar-refractivity contribution < 1.29 is 24.6 Å². The molecule has 0 unspecified atom stereocenters. The third kappa shape index (κ3) is 3.62. The molecule has 0 aromatic heterocycles. The number of carbonyl (C=O) groups excluding carboxylic acids is 1. The number of ketones is 1. The zero-order valence-electron chi connectivity index (χ0n) is 10.7. The first-order valence-corrected chi connectivity index (χ1v) is 5.85. The number of Topliss-reactive ketones (excluding diaryl/α,β-unsaturated/α-hetero) is 1. The second-order valence-corrected chi connectivity index (χ2v) is 4.51. The van der Waals surface area contributed by atoms with Crippen molar-refractivity contribution in [3.63, 3.8) is 0 Å². The quantitative estimate of drug-likeness (QED) is 0.487. The Labute approximate surface area is 115 Å². The molecule has 0 aliphatic rings. The molecule has 0 aliphatic carbocycles. The topological polar surface area (TPSA) is 144 Å². The maximum absolute atomic E-state index is 12.0. The monoisotopic (exact) mass is 280 g/mol. The van der Waals surface area contributed by atoms with Crippen molar-refractivity contribution in [1.29, 1.82) is 0 Å². The number of hydrogen-bond acceptors (Lipinski definition) is 5. The highest BCUT2D eigenvalue weighted by Crippen LogP contribution is 2.15. The number of carboxylic acids is 2. The molecule has 0 aliphatic heterocycles. The smallest absolute Gasteiger partial charge is 0.331 e. The molecule has 0 bridgehead atoms. The first-order chi connectivity index (χ1) is 9.27. The van der Waals surface area contributed by atoms with E-state index in [9.17, 15) is 19.5 Å². The minimum Gasteiger partial charge on any atom is -0.480 e. The molecule has 20 heavy (non-hydrogen) atoms. The molecule has 1 aromatic carbocycles. The van der Waals surface area contributed by atoms with Gasteiger partial charge in [0.1, 0.15) is 6.04 Å². The van der Waals surface area contributed by atoms with E-state index in [4.69, 9.17) is 16.6 Å². The maximum Gasteiger partial charge on any atom is 0.331 e. The van der Waals surface area contributed by atoms with E-state index in [-0.39, 0.29) is 6.42 Å². The Bertz CT molecular complexity index is 517. The van der Waals surface area contributed by atoms with Crippen molar-refractivity contribution in [2.45, 2.75) is 24.4 Å². The van der Waals surface area contributed by atoms with E-state index in [1.54, 1.807) is 30.3 Å². The molecule has 1 rings (SSSR count). The zero-order valence-corrected chi connectivity index (χ0v) is 10.7. The lowest BCUT2D eigenvalue weighted by Gasteiger charge is -2.24. The van der Waals surface area contributed by atoms with Gasteiger partial charge in [-0.3, -0.25) is 9.59 Å². The molecule has 108 valence electrons. The van der Waals surface area contributed by atoms with Crippen molar-refractivity contribution in [3.05, 3.63) is 35.9 Å². The largest absolute Gasteiger partial charge is 0.480 e. The normalized spacial score (nSPS) is 15.1. The van der Waals surface area contributed by atoms with E-state index in [1.165, 1.54) is 0 Å². The summed E-state index contributed by atoms with van der Waals surface area (Å²) in [6, 6.07) is 6.91. The maximum atomic E-state index is 12.0. The summed E-state index contributed by atoms with van der Waals surface area (Å²) in [6.07, 6.45) is -0.862. The number of nitrogens with two attached hydrogens (primary N) is 2. The van der Waals surface area contributed by atoms with Crippen LogP contribution >= 0.6 is 0 Å². The van der Waals surface area contributed by atoms with Gasteiger partial charge in [0, 0.05) is 12.8 Å². The van der Waals surface area contributed by atoms with Crippen LogP contribution in [0.5, 0.6) is 0 Å². The first-order valence-electron chi connectivity index (χ1n) is 5.85. The molecule has 0 saturated carbocycles. The van der Waals surface area contributed by atoms with Crippen molar-refractivity contribution in [2.24, 2.45) is 11.5 Å². The van der Waals surface area contributed by atoms with Gasteiger partial charge >= 0.3 is 11.9 Å². The van der Waals surface area contributed by atoms with Crippen molar-refractivity contribution >= 4 is 17.7 Å². The SMILES string of the molecule is N[C@@H](CC(=O)[C@](N)(Cc1ccccc1)C(=O)O)C(=O)O. The Morgan fingerprint density at radius 1 is 1.15 bits per heavy atom. The lowest BCUT2D eigenvalue weighted by atomic mass is 9.85. The Balaban J connectivity index is 2.94.